The van der Waals surface area contributed by atoms with Gasteiger partial charge in [-0.25, -0.2) is 13.2 Å². The molecule has 3 aromatic rings. The molecule has 3 rings (SSSR count). The third kappa shape index (κ3) is 6.65. The van der Waals surface area contributed by atoms with Crippen molar-refractivity contribution in [1.29, 1.82) is 0 Å². The molecule has 196 valence electrons. The Morgan fingerprint density at radius 2 is 1.59 bits per heavy atom. The molecule has 0 fully saturated rings. The van der Waals surface area contributed by atoms with Gasteiger partial charge in [0.2, 0.25) is 5.91 Å². The van der Waals surface area contributed by atoms with Crippen LogP contribution in [0.4, 0.5) is 11.4 Å². The molecule has 0 aromatic heterocycles. The largest absolute Gasteiger partial charge is 0.493 e. The Morgan fingerprint density at radius 3 is 2.19 bits per heavy atom. The minimum absolute atomic E-state index is 0.0830. The van der Waals surface area contributed by atoms with Gasteiger partial charge in [-0.2, -0.15) is 0 Å². The molecular weight excluding hydrogens is 543 g/mol. The molecule has 0 saturated heterocycles. The average molecular weight is 567 g/mol. The van der Waals surface area contributed by atoms with Gasteiger partial charge in [0.1, 0.15) is 6.54 Å². The van der Waals surface area contributed by atoms with E-state index < -0.39 is 28.4 Å². The van der Waals surface area contributed by atoms with Gasteiger partial charge in [0.15, 0.2) is 11.5 Å². The molecule has 0 heterocycles. The van der Waals surface area contributed by atoms with Crippen LogP contribution in [0.25, 0.3) is 0 Å². The highest BCUT2D eigenvalue weighted by Gasteiger charge is 2.28. The molecular formula is C25H24Cl2N2O7S. The van der Waals surface area contributed by atoms with E-state index in [1.54, 1.807) is 6.92 Å². The summed E-state index contributed by atoms with van der Waals surface area (Å²) in [4.78, 5) is 24.8. The number of halogens is 2. The van der Waals surface area contributed by atoms with Gasteiger partial charge in [-0.1, -0.05) is 23.2 Å². The maximum Gasteiger partial charge on any atom is 0.338 e. The van der Waals surface area contributed by atoms with Crippen LogP contribution in [-0.2, 0) is 19.6 Å². The van der Waals surface area contributed by atoms with Gasteiger partial charge < -0.3 is 19.5 Å². The van der Waals surface area contributed by atoms with Crippen molar-refractivity contribution in [2.24, 2.45) is 0 Å². The number of carbonyl (C=O) groups is 2. The number of hydrogen-bond acceptors (Lipinski definition) is 7. The lowest BCUT2D eigenvalue weighted by atomic mass is 10.2. The minimum Gasteiger partial charge on any atom is -0.493 e. The number of anilines is 2. The quantitative estimate of drug-likeness (QED) is 0.343. The number of hydrogen-bond donors (Lipinski definition) is 1. The Balaban J connectivity index is 1.93. The first-order valence-electron chi connectivity index (χ1n) is 10.9. The summed E-state index contributed by atoms with van der Waals surface area (Å²) in [6.45, 7) is 1.29. The topological polar surface area (TPSA) is 111 Å². The van der Waals surface area contributed by atoms with Crippen LogP contribution >= 0.6 is 23.2 Å². The normalized spacial score (nSPS) is 10.9. The van der Waals surface area contributed by atoms with Crippen molar-refractivity contribution in [1.82, 2.24) is 0 Å². The number of ether oxygens (including phenoxy) is 3. The van der Waals surface area contributed by atoms with Gasteiger partial charge >= 0.3 is 5.97 Å². The summed E-state index contributed by atoms with van der Waals surface area (Å²) in [6.07, 6.45) is 0. The Labute approximate surface area is 224 Å². The van der Waals surface area contributed by atoms with E-state index in [2.05, 4.69) is 5.32 Å². The zero-order chi connectivity index (χ0) is 27.2. The lowest BCUT2D eigenvalue weighted by Gasteiger charge is -2.24. The van der Waals surface area contributed by atoms with Crippen molar-refractivity contribution >= 4 is 56.5 Å². The van der Waals surface area contributed by atoms with Gasteiger partial charge in [0.25, 0.3) is 10.0 Å². The number of nitrogens with zero attached hydrogens (tertiary/aromatic N) is 1. The van der Waals surface area contributed by atoms with Crippen LogP contribution in [0.5, 0.6) is 11.5 Å². The van der Waals surface area contributed by atoms with E-state index in [0.717, 1.165) is 4.31 Å². The molecule has 0 atom stereocenters. The van der Waals surface area contributed by atoms with Crippen molar-refractivity contribution in [3.63, 3.8) is 0 Å². The Kier molecular flexibility index (Phi) is 9.25. The third-order valence-electron chi connectivity index (χ3n) is 5.10. The molecule has 12 heteroatoms. The lowest BCUT2D eigenvalue weighted by Crippen LogP contribution is -2.38. The monoisotopic (exact) mass is 566 g/mol. The van der Waals surface area contributed by atoms with E-state index in [9.17, 15) is 18.0 Å². The number of rotatable bonds is 10. The lowest BCUT2D eigenvalue weighted by molar-refractivity contribution is -0.114. The Hall–Kier alpha value is -3.47. The first-order valence-corrected chi connectivity index (χ1v) is 13.1. The smallest absolute Gasteiger partial charge is 0.338 e. The molecule has 0 unspecified atom stereocenters. The maximum absolute atomic E-state index is 13.7. The fourth-order valence-corrected chi connectivity index (χ4v) is 5.10. The summed E-state index contributed by atoms with van der Waals surface area (Å²) >= 11 is 12.2. The third-order valence-corrected chi connectivity index (χ3v) is 7.43. The number of sulfonamides is 1. The number of esters is 1. The van der Waals surface area contributed by atoms with Crippen molar-refractivity contribution < 1.29 is 32.2 Å². The van der Waals surface area contributed by atoms with Gasteiger partial charge in [-0.15, -0.1) is 0 Å². The molecule has 0 spiro atoms. The SMILES string of the molecule is CCOC(=O)c1ccc(NC(=O)CN(c2ccc(Cl)cc2)S(=O)(=O)c2ccc(OC)c(OC)c2)c(Cl)c1. The Morgan fingerprint density at radius 1 is 0.919 bits per heavy atom. The highest BCUT2D eigenvalue weighted by molar-refractivity contribution is 7.92. The van der Waals surface area contributed by atoms with Crippen LogP contribution in [-0.4, -0.2) is 47.7 Å². The summed E-state index contributed by atoms with van der Waals surface area (Å²) in [5, 5.41) is 3.06. The molecule has 0 aliphatic heterocycles. The highest BCUT2D eigenvalue weighted by Crippen LogP contribution is 2.32. The molecule has 37 heavy (non-hydrogen) atoms. The molecule has 0 aliphatic rings. The highest BCUT2D eigenvalue weighted by atomic mass is 35.5. The summed E-state index contributed by atoms with van der Waals surface area (Å²) in [5.41, 5.74) is 0.612. The fourth-order valence-electron chi connectivity index (χ4n) is 3.30. The first-order chi connectivity index (χ1) is 17.6. The van der Waals surface area contributed by atoms with E-state index in [1.807, 2.05) is 0 Å². The second-order valence-electron chi connectivity index (χ2n) is 7.47. The van der Waals surface area contributed by atoms with E-state index in [1.165, 1.54) is 74.9 Å². The molecule has 0 bridgehead atoms. The van der Waals surface area contributed by atoms with Gasteiger partial charge in [0.05, 0.1) is 47.7 Å². The molecule has 3 aromatic carbocycles. The summed E-state index contributed by atoms with van der Waals surface area (Å²) in [6, 6.07) is 14.3. The second-order valence-corrected chi connectivity index (χ2v) is 10.2. The predicted molar refractivity (Wildman–Crippen MR) is 142 cm³/mol. The molecule has 0 aliphatic carbocycles. The fraction of sp³-hybridized carbons (Fsp3) is 0.200. The van der Waals surface area contributed by atoms with Crippen molar-refractivity contribution in [2.75, 3.05) is 37.0 Å². The summed E-state index contributed by atoms with van der Waals surface area (Å²) in [5.74, 6) is -0.683. The standard InChI is InChI=1S/C25H24Cl2N2O7S/c1-4-36-25(31)16-5-11-21(20(27)13-16)28-24(30)15-29(18-8-6-17(26)7-9-18)37(32,33)19-10-12-22(34-2)23(14-19)35-3/h5-14H,4,15H2,1-3H3,(H,28,30). The number of carbonyl (C=O) groups excluding carboxylic acids is 2. The minimum atomic E-state index is -4.25. The van der Waals surface area contributed by atoms with Gasteiger partial charge in [0, 0.05) is 11.1 Å². The van der Waals surface area contributed by atoms with Crippen molar-refractivity contribution in [3.05, 3.63) is 76.3 Å². The van der Waals surface area contributed by atoms with E-state index in [4.69, 9.17) is 37.4 Å². The van der Waals surface area contributed by atoms with Crippen molar-refractivity contribution in [2.45, 2.75) is 11.8 Å². The number of nitrogens with one attached hydrogen (secondary N) is 1. The zero-order valence-corrected chi connectivity index (χ0v) is 22.5. The van der Waals surface area contributed by atoms with Crippen LogP contribution < -0.4 is 19.1 Å². The summed E-state index contributed by atoms with van der Waals surface area (Å²) in [7, 11) is -1.43. The van der Waals surface area contributed by atoms with E-state index in [-0.39, 0.29) is 39.2 Å². The van der Waals surface area contributed by atoms with E-state index in [0.29, 0.717) is 10.8 Å². The molecule has 9 nitrogen and oxygen atoms in total. The van der Waals surface area contributed by atoms with Crippen LogP contribution in [0.1, 0.15) is 17.3 Å². The zero-order valence-electron chi connectivity index (χ0n) is 20.2. The molecule has 0 radical (unpaired) electrons. The molecule has 1 amide bonds. The number of benzene rings is 3. The predicted octanol–water partition coefficient (Wildman–Crippen LogP) is 5.02. The van der Waals surface area contributed by atoms with Crippen LogP contribution in [0, 0.1) is 0 Å². The first kappa shape index (κ1) is 28.1. The number of amides is 1. The van der Waals surface area contributed by atoms with Gasteiger partial charge in [-0.3, -0.25) is 9.10 Å². The van der Waals surface area contributed by atoms with E-state index >= 15 is 0 Å². The van der Waals surface area contributed by atoms with Crippen LogP contribution in [0.3, 0.4) is 0 Å². The maximum atomic E-state index is 13.7. The second kappa shape index (κ2) is 12.2. The van der Waals surface area contributed by atoms with Crippen LogP contribution in [0.2, 0.25) is 10.0 Å². The van der Waals surface area contributed by atoms with Gasteiger partial charge in [-0.05, 0) is 61.5 Å². The molecule has 1 N–H and O–H groups in total. The Bertz CT molecular complexity index is 1400. The summed E-state index contributed by atoms with van der Waals surface area (Å²) < 4.78 is 43.6. The van der Waals surface area contributed by atoms with Crippen LogP contribution in [0.15, 0.2) is 65.6 Å². The molecule has 0 saturated carbocycles. The van der Waals surface area contributed by atoms with Crippen molar-refractivity contribution in [3.8, 4) is 11.5 Å². The average Bonchev–Trinajstić information content (AvgIpc) is 2.88. The number of methoxy groups -OCH3 is 2.